The van der Waals surface area contributed by atoms with E-state index < -0.39 is 0 Å². The standard InChI is InChI=1S/C15H19N5O2/c1-22-10-15(21)18-6-7-20-14(11-2-3-11)8-12(19-20)13-9-16-4-5-17-13/h4-5,8-9,11H,2-3,6-7,10H2,1H3,(H,18,21). The van der Waals surface area contributed by atoms with E-state index in [2.05, 4.69) is 26.4 Å². The van der Waals surface area contributed by atoms with Crippen LogP contribution in [0.15, 0.2) is 24.7 Å². The van der Waals surface area contributed by atoms with Gasteiger partial charge in [-0.15, -0.1) is 0 Å². The predicted octanol–water partition coefficient (Wildman–Crippen LogP) is 0.980. The molecule has 0 unspecified atom stereocenters. The van der Waals surface area contributed by atoms with Gasteiger partial charge < -0.3 is 10.1 Å². The first-order chi connectivity index (χ1) is 10.8. The lowest BCUT2D eigenvalue weighted by Crippen LogP contribution is -2.30. The number of amides is 1. The average Bonchev–Trinajstić information content (AvgIpc) is 3.29. The Morgan fingerprint density at radius 1 is 1.41 bits per heavy atom. The Kier molecular flexibility index (Phi) is 4.43. The summed E-state index contributed by atoms with van der Waals surface area (Å²) in [7, 11) is 1.51. The molecule has 1 fully saturated rings. The number of carbonyl (C=O) groups is 1. The molecule has 0 atom stereocenters. The molecular formula is C15H19N5O2. The summed E-state index contributed by atoms with van der Waals surface area (Å²) in [5, 5.41) is 7.43. The molecule has 1 aliphatic rings. The summed E-state index contributed by atoms with van der Waals surface area (Å²) in [5.74, 6) is 0.462. The number of carbonyl (C=O) groups excluding carboxylic acids is 1. The van der Waals surface area contributed by atoms with Crippen molar-refractivity contribution in [2.75, 3.05) is 20.3 Å². The zero-order valence-corrected chi connectivity index (χ0v) is 12.5. The van der Waals surface area contributed by atoms with Gasteiger partial charge in [0.1, 0.15) is 18.0 Å². The lowest BCUT2D eigenvalue weighted by atomic mass is 10.2. The third-order valence-corrected chi connectivity index (χ3v) is 3.55. The summed E-state index contributed by atoms with van der Waals surface area (Å²) in [5.41, 5.74) is 2.81. The second-order valence-corrected chi connectivity index (χ2v) is 5.33. The minimum Gasteiger partial charge on any atom is -0.375 e. The van der Waals surface area contributed by atoms with Gasteiger partial charge in [0, 0.05) is 37.7 Å². The summed E-state index contributed by atoms with van der Waals surface area (Å²) < 4.78 is 6.76. The molecule has 1 aliphatic carbocycles. The van der Waals surface area contributed by atoms with Crippen molar-refractivity contribution in [3.63, 3.8) is 0 Å². The molecule has 0 spiro atoms. The topological polar surface area (TPSA) is 81.9 Å². The van der Waals surface area contributed by atoms with E-state index in [1.54, 1.807) is 18.6 Å². The molecule has 0 radical (unpaired) electrons. The van der Waals surface area contributed by atoms with E-state index in [4.69, 9.17) is 4.74 Å². The SMILES string of the molecule is COCC(=O)NCCn1nc(-c2cnccn2)cc1C1CC1. The molecule has 1 N–H and O–H groups in total. The van der Waals surface area contributed by atoms with Crippen molar-refractivity contribution in [2.24, 2.45) is 0 Å². The van der Waals surface area contributed by atoms with Gasteiger partial charge in [-0.05, 0) is 18.9 Å². The van der Waals surface area contributed by atoms with Crippen molar-refractivity contribution in [1.29, 1.82) is 0 Å². The molecule has 22 heavy (non-hydrogen) atoms. The van der Waals surface area contributed by atoms with Crippen molar-refractivity contribution in [2.45, 2.75) is 25.3 Å². The molecule has 0 saturated heterocycles. The third kappa shape index (κ3) is 3.48. The monoisotopic (exact) mass is 301 g/mol. The van der Waals surface area contributed by atoms with Gasteiger partial charge in [-0.2, -0.15) is 5.10 Å². The molecule has 1 saturated carbocycles. The number of hydrogen-bond donors (Lipinski definition) is 1. The van der Waals surface area contributed by atoms with Crippen molar-refractivity contribution in [1.82, 2.24) is 25.1 Å². The summed E-state index contributed by atoms with van der Waals surface area (Å²) in [6.07, 6.45) is 7.41. The number of rotatable bonds is 7. The molecule has 2 heterocycles. The maximum Gasteiger partial charge on any atom is 0.246 e. The normalized spacial score (nSPS) is 14.0. The highest BCUT2D eigenvalue weighted by Crippen LogP contribution is 2.41. The summed E-state index contributed by atoms with van der Waals surface area (Å²) in [4.78, 5) is 19.8. The Labute approximate surface area is 128 Å². The molecule has 2 aromatic heterocycles. The van der Waals surface area contributed by atoms with Crippen LogP contribution in [0.2, 0.25) is 0 Å². The van der Waals surface area contributed by atoms with E-state index in [1.807, 2.05) is 4.68 Å². The van der Waals surface area contributed by atoms with Crippen molar-refractivity contribution in [3.8, 4) is 11.4 Å². The second-order valence-electron chi connectivity index (χ2n) is 5.33. The number of hydrogen-bond acceptors (Lipinski definition) is 5. The van der Waals surface area contributed by atoms with Gasteiger partial charge in [-0.1, -0.05) is 0 Å². The molecule has 1 amide bonds. The first kappa shape index (κ1) is 14.6. The van der Waals surface area contributed by atoms with Gasteiger partial charge in [0.25, 0.3) is 0 Å². The van der Waals surface area contributed by atoms with E-state index in [0.29, 0.717) is 19.0 Å². The number of aromatic nitrogens is 4. The fraction of sp³-hybridized carbons (Fsp3) is 0.467. The molecule has 0 aliphatic heterocycles. The fourth-order valence-corrected chi connectivity index (χ4v) is 2.36. The fourth-order valence-electron chi connectivity index (χ4n) is 2.36. The quantitative estimate of drug-likeness (QED) is 0.824. The van der Waals surface area contributed by atoms with Crippen LogP contribution < -0.4 is 5.32 Å². The summed E-state index contributed by atoms with van der Waals surface area (Å²) in [6, 6.07) is 2.08. The number of nitrogens with zero attached hydrogens (tertiary/aromatic N) is 4. The predicted molar refractivity (Wildman–Crippen MR) is 80.1 cm³/mol. The van der Waals surface area contributed by atoms with Crippen LogP contribution in [0, 0.1) is 0 Å². The van der Waals surface area contributed by atoms with Crippen molar-refractivity contribution < 1.29 is 9.53 Å². The molecule has 3 rings (SSSR count). The van der Waals surface area contributed by atoms with E-state index >= 15 is 0 Å². The van der Waals surface area contributed by atoms with Crippen LogP contribution in [-0.4, -0.2) is 45.9 Å². The Morgan fingerprint density at radius 2 is 2.27 bits per heavy atom. The van der Waals surface area contributed by atoms with Crippen molar-refractivity contribution >= 4 is 5.91 Å². The van der Waals surface area contributed by atoms with Gasteiger partial charge in [-0.25, -0.2) is 0 Å². The molecule has 7 nitrogen and oxygen atoms in total. The maximum absolute atomic E-state index is 11.4. The molecule has 7 heteroatoms. The van der Waals surface area contributed by atoms with Gasteiger partial charge >= 0.3 is 0 Å². The number of ether oxygens (including phenoxy) is 1. The first-order valence-electron chi connectivity index (χ1n) is 7.37. The van der Waals surface area contributed by atoms with E-state index in [9.17, 15) is 4.79 Å². The molecule has 2 aromatic rings. The average molecular weight is 301 g/mol. The highest BCUT2D eigenvalue weighted by Gasteiger charge is 2.28. The van der Waals surface area contributed by atoms with Crippen LogP contribution in [0.25, 0.3) is 11.4 Å². The van der Waals surface area contributed by atoms with E-state index in [1.165, 1.54) is 25.6 Å². The zero-order chi connectivity index (χ0) is 15.4. The van der Waals surface area contributed by atoms with E-state index in [0.717, 1.165) is 11.4 Å². The minimum absolute atomic E-state index is 0.0828. The first-order valence-corrected chi connectivity index (χ1v) is 7.37. The lowest BCUT2D eigenvalue weighted by molar-refractivity contribution is -0.124. The summed E-state index contributed by atoms with van der Waals surface area (Å²) >= 11 is 0. The van der Waals surface area contributed by atoms with Gasteiger partial charge in [-0.3, -0.25) is 19.4 Å². The highest BCUT2D eigenvalue weighted by molar-refractivity contribution is 5.77. The molecule has 0 bridgehead atoms. The largest absolute Gasteiger partial charge is 0.375 e. The molecule has 0 aromatic carbocycles. The van der Waals surface area contributed by atoms with Gasteiger partial charge in [0.15, 0.2) is 0 Å². The smallest absolute Gasteiger partial charge is 0.246 e. The Hall–Kier alpha value is -2.28. The van der Waals surface area contributed by atoms with Crippen LogP contribution in [0.3, 0.4) is 0 Å². The third-order valence-electron chi connectivity index (χ3n) is 3.55. The molecular weight excluding hydrogens is 282 g/mol. The highest BCUT2D eigenvalue weighted by atomic mass is 16.5. The number of methoxy groups -OCH3 is 1. The maximum atomic E-state index is 11.4. The number of nitrogens with one attached hydrogen (secondary N) is 1. The lowest BCUT2D eigenvalue weighted by Gasteiger charge is -2.07. The van der Waals surface area contributed by atoms with Crippen LogP contribution >= 0.6 is 0 Å². The second kappa shape index (κ2) is 6.65. The summed E-state index contributed by atoms with van der Waals surface area (Å²) in [6.45, 7) is 1.25. The van der Waals surface area contributed by atoms with Gasteiger partial charge in [0.05, 0.1) is 12.7 Å². The molecule has 116 valence electrons. The van der Waals surface area contributed by atoms with Crippen molar-refractivity contribution in [3.05, 3.63) is 30.4 Å². The van der Waals surface area contributed by atoms with Crippen LogP contribution in [0.1, 0.15) is 24.5 Å². The zero-order valence-electron chi connectivity index (χ0n) is 12.5. The Morgan fingerprint density at radius 3 is 2.95 bits per heavy atom. The van der Waals surface area contributed by atoms with Crippen LogP contribution in [-0.2, 0) is 16.1 Å². The van der Waals surface area contributed by atoms with Crippen LogP contribution in [0.4, 0.5) is 0 Å². The minimum atomic E-state index is -0.114. The Bertz CT molecular complexity index is 637. The van der Waals surface area contributed by atoms with E-state index in [-0.39, 0.29) is 12.5 Å². The van der Waals surface area contributed by atoms with Gasteiger partial charge in [0.2, 0.25) is 5.91 Å². The Balaban J connectivity index is 1.70. The van der Waals surface area contributed by atoms with Crippen LogP contribution in [0.5, 0.6) is 0 Å².